The molecule has 1 unspecified atom stereocenters. The summed E-state index contributed by atoms with van der Waals surface area (Å²) in [6, 6.07) is 3.88. The van der Waals surface area contributed by atoms with Crippen LogP contribution in [-0.2, 0) is 13.0 Å². The molecule has 2 aliphatic rings. The molecule has 2 aromatic heterocycles. The average molecular weight is 344 g/mol. The molecule has 3 heterocycles. The number of pyridine rings is 1. The summed E-state index contributed by atoms with van der Waals surface area (Å²) in [4.78, 5) is 11.1. The molecule has 0 spiro atoms. The van der Waals surface area contributed by atoms with Crippen LogP contribution in [-0.4, -0.2) is 50.9 Å². The number of piperidine rings is 1. The predicted octanol–water partition coefficient (Wildman–Crippen LogP) is 1.92. The highest BCUT2D eigenvalue weighted by Crippen LogP contribution is 2.38. The van der Waals surface area contributed by atoms with E-state index in [0.29, 0.717) is 31.3 Å². The molecule has 25 heavy (non-hydrogen) atoms. The summed E-state index contributed by atoms with van der Waals surface area (Å²) in [5, 5.41) is 15.1. The highest BCUT2D eigenvalue weighted by Gasteiger charge is 2.36. The van der Waals surface area contributed by atoms with Gasteiger partial charge in [-0.05, 0) is 44.4 Å². The fourth-order valence-electron chi connectivity index (χ4n) is 3.47. The van der Waals surface area contributed by atoms with Crippen LogP contribution in [0.5, 0.6) is 5.75 Å². The van der Waals surface area contributed by atoms with Gasteiger partial charge in [-0.2, -0.15) is 4.98 Å². The normalized spacial score (nSPS) is 24.4. The van der Waals surface area contributed by atoms with Gasteiger partial charge in [0.05, 0.1) is 31.0 Å². The first-order valence-corrected chi connectivity index (χ1v) is 8.90. The molecule has 1 saturated carbocycles. The van der Waals surface area contributed by atoms with Gasteiger partial charge in [0.1, 0.15) is 5.75 Å². The maximum atomic E-state index is 11.0. The molecule has 1 saturated heterocycles. The Morgan fingerprint density at radius 1 is 1.40 bits per heavy atom. The zero-order valence-electron chi connectivity index (χ0n) is 14.5. The maximum absolute atomic E-state index is 11.0. The molecule has 0 bridgehead atoms. The summed E-state index contributed by atoms with van der Waals surface area (Å²) in [5.74, 6) is 2.57. The lowest BCUT2D eigenvalue weighted by Gasteiger charge is -2.38. The topological polar surface area (TPSA) is 84.5 Å². The van der Waals surface area contributed by atoms with Crippen molar-refractivity contribution in [1.82, 2.24) is 20.0 Å². The largest absolute Gasteiger partial charge is 0.495 e. The first kappa shape index (κ1) is 16.5. The Morgan fingerprint density at radius 3 is 3.00 bits per heavy atom. The number of hydrogen-bond acceptors (Lipinski definition) is 7. The third-order valence-corrected chi connectivity index (χ3v) is 4.96. The Morgan fingerprint density at radius 2 is 2.28 bits per heavy atom. The Kier molecular flexibility index (Phi) is 4.43. The van der Waals surface area contributed by atoms with Crippen molar-refractivity contribution in [3.63, 3.8) is 0 Å². The molecule has 4 rings (SSSR count). The molecule has 1 aliphatic heterocycles. The Hall–Kier alpha value is -1.99. The first-order valence-electron chi connectivity index (χ1n) is 8.90. The van der Waals surface area contributed by atoms with Crippen molar-refractivity contribution in [3.8, 4) is 5.75 Å². The minimum atomic E-state index is -0.821. The molecular formula is C18H24N4O3. The monoisotopic (exact) mass is 344 g/mol. The molecule has 0 amide bonds. The van der Waals surface area contributed by atoms with Gasteiger partial charge >= 0.3 is 0 Å². The second-order valence-electron chi connectivity index (χ2n) is 7.23. The van der Waals surface area contributed by atoms with Gasteiger partial charge < -0.3 is 14.4 Å². The van der Waals surface area contributed by atoms with E-state index in [1.807, 2.05) is 12.1 Å². The Bertz CT molecular complexity index is 713. The quantitative estimate of drug-likeness (QED) is 0.857. The van der Waals surface area contributed by atoms with Gasteiger partial charge in [0.2, 0.25) is 5.89 Å². The van der Waals surface area contributed by atoms with E-state index in [2.05, 4.69) is 20.0 Å². The highest BCUT2D eigenvalue weighted by molar-refractivity contribution is 5.19. The van der Waals surface area contributed by atoms with E-state index in [1.165, 1.54) is 0 Å². The molecular weight excluding hydrogens is 320 g/mol. The molecule has 2 aromatic rings. The fourth-order valence-corrected chi connectivity index (χ4v) is 3.47. The average Bonchev–Trinajstić information content (AvgIpc) is 3.36. The third kappa shape index (κ3) is 3.99. The van der Waals surface area contributed by atoms with Crippen LogP contribution in [0.25, 0.3) is 0 Å². The number of β-amino-alcohol motifs (C(OH)–C–C–N with tert-alkyl or cyclic N) is 1. The van der Waals surface area contributed by atoms with Crippen LogP contribution in [0.2, 0.25) is 0 Å². The second kappa shape index (κ2) is 6.72. The van der Waals surface area contributed by atoms with E-state index in [-0.39, 0.29) is 0 Å². The van der Waals surface area contributed by atoms with Crippen molar-refractivity contribution >= 4 is 0 Å². The highest BCUT2D eigenvalue weighted by atomic mass is 16.5. The molecule has 1 aliphatic carbocycles. The van der Waals surface area contributed by atoms with Gasteiger partial charge in [-0.25, -0.2) is 0 Å². The van der Waals surface area contributed by atoms with Crippen LogP contribution in [0.15, 0.2) is 22.9 Å². The van der Waals surface area contributed by atoms with Gasteiger partial charge in [0, 0.05) is 19.0 Å². The summed E-state index contributed by atoms with van der Waals surface area (Å²) in [6.45, 7) is 2.25. The summed E-state index contributed by atoms with van der Waals surface area (Å²) < 4.78 is 10.5. The number of aromatic nitrogens is 3. The summed E-state index contributed by atoms with van der Waals surface area (Å²) in [7, 11) is 1.63. The predicted molar refractivity (Wildman–Crippen MR) is 90.2 cm³/mol. The number of ether oxygens (including phenoxy) is 1. The van der Waals surface area contributed by atoms with Crippen LogP contribution < -0.4 is 4.74 Å². The molecule has 1 N–H and O–H groups in total. The van der Waals surface area contributed by atoms with Crippen LogP contribution >= 0.6 is 0 Å². The van der Waals surface area contributed by atoms with Crippen LogP contribution in [0, 0.1) is 0 Å². The van der Waals surface area contributed by atoms with Crippen LogP contribution in [0.1, 0.15) is 49.0 Å². The van der Waals surface area contributed by atoms with E-state index in [9.17, 15) is 5.11 Å². The van der Waals surface area contributed by atoms with E-state index >= 15 is 0 Å². The van der Waals surface area contributed by atoms with E-state index in [4.69, 9.17) is 9.26 Å². The number of rotatable bonds is 6. The van der Waals surface area contributed by atoms with E-state index < -0.39 is 5.60 Å². The van der Waals surface area contributed by atoms with Gasteiger partial charge in [0.15, 0.2) is 5.82 Å². The smallest absolute Gasteiger partial charge is 0.229 e. The number of nitrogens with zero attached hydrogens (tertiary/aromatic N) is 4. The summed E-state index contributed by atoms with van der Waals surface area (Å²) >= 11 is 0. The lowest BCUT2D eigenvalue weighted by atomic mass is 9.89. The molecule has 2 fully saturated rings. The third-order valence-electron chi connectivity index (χ3n) is 4.96. The van der Waals surface area contributed by atoms with Crippen molar-refractivity contribution in [2.75, 3.05) is 20.2 Å². The van der Waals surface area contributed by atoms with Gasteiger partial charge in [-0.15, -0.1) is 0 Å². The van der Waals surface area contributed by atoms with Crippen LogP contribution in [0.4, 0.5) is 0 Å². The number of aliphatic hydroxyl groups is 1. The number of methoxy groups -OCH3 is 1. The standard InChI is InChI=1S/C18H24N4O3/c1-24-15-6-5-14(19-10-15)11-22-8-2-7-18(23,12-22)9-16-20-17(21-25-16)13-3-4-13/h5-6,10,13,23H,2-4,7-9,11-12H2,1H3. The van der Waals surface area contributed by atoms with Crippen molar-refractivity contribution in [2.45, 2.75) is 50.2 Å². The van der Waals surface area contributed by atoms with Crippen molar-refractivity contribution in [2.24, 2.45) is 0 Å². The lowest BCUT2D eigenvalue weighted by molar-refractivity contribution is -0.0376. The molecule has 0 aromatic carbocycles. The van der Waals surface area contributed by atoms with Crippen molar-refractivity contribution in [1.29, 1.82) is 0 Å². The van der Waals surface area contributed by atoms with Crippen LogP contribution in [0.3, 0.4) is 0 Å². The minimum Gasteiger partial charge on any atom is -0.495 e. The fraction of sp³-hybridized carbons (Fsp3) is 0.611. The van der Waals surface area contributed by atoms with Gasteiger partial charge in [-0.3, -0.25) is 9.88 Å². The van der Waals surface area contributed by atoms with E-state index in [1.54, 1.807) is 13.3 Å². The Labute approximate surface area is 147 Å². The van der Waals surface area contributed by atoms with Crippen molar-refractivity contribution < 1.29 is 14.4 Å². The Balaban J connectivity index is 1.38. The first-order chi connectivity index (χ1) is 12.1. The van der Waals surface area contributed by atoms with Gasteiger partial charge in [0.25, 0.3) is 0 Å². The van der Waals surface area contributed by atoms with Crippen molar-refractivity contribution in [3.05, 3.63) is 35.7 Å². The number of hydrogen-bond donors (Lipinski definition) is 1. The van der Waals surface area contributed by atoms with E-state index in [0.717, 1.165) is 49.5 Å². The zero-order valence-corrected chi connectivity index (χ0v) is 14.5. The molecule has 7 heteroatoms. The molecule has 0 radical (unpaired) electrons. The second-order valence-corrected chi connectivity index (χ2v) is 7.23. The lowest BCUT2D eigenvalue weighted by Crippen LogP contribution is -2.49. The maximum Gasteiger partial charge on any atom is 0.229 e. The zero-order chi connectivity index (χ0) is 17.3. The summed E-state index contributed by atoms with van der Waals surface area (Å²) in [5.41, 5.74) is 0.150. The SMILES string of the molecule is COc1ccc(CN2CCCC(O)(Cc3nc(C4CC4)no3)C2)nc1. The van der Waals surface area contributed by atoms with Gasteiger partial charge in [-0.1, -0.05) is 5.16 Å². The molecule has 1 atom stereocenters. The number of likely N-dealkylation sites (tertiary alicyclic amines) is 1. The minimum absolute atomic E-state index is 0.416. The molecule has 134 valence electrons. The summed E-state index contributed by atoms with van der Waals surface area (Å²) in [6.07, 6.45) is 6.12. The molecule has 7 nitrogen and oxygen atoms in total.